The molecule has 0 aromatic heterocycles. The number of hydrogen-bond donors (Lipinski definition) is 2. The van der Waals surface area contributed by atoms with E-state index in [1.165, 1.54) is 12.1 Å². The molecular weight excluding hydrogens is 320 g/mol. The van der Waals surface area contributed by atoms with Crippen LogP contribution in [0.1, 0.15) is 20.3 Å². The summed E-state index contributed by atoms with van der Waals surface area (Å²) < 4.78 is 0. The van der Waals surface area contributed by atoms with Crippen LogP contribution in [0.2, 0.25) is 0 Å². The molecule has 2 rings (SSSR count). The highest BCUT2D eigenvalue weighted by Gasteiger charge is 2.36. The van der Waals surface area contributed by atoms with Crippen LogP contribution in [0.25, 0.3) is 0 Å². The van der Waals surface area contributed by atoms with Gasteiger partial charge in [0.05, 0.1) is 11.0 Å². The number of likely N-dealkylation sites (tertiary alicyclic amines) is 1. The van der Waals surface area contributed by atoms with E-state index in [0.29, 0.717) is 12.2 Å². The monoisotopic (exact) mass is 342 g/mol. The van der Waals surface area contributed by atoms with Gasteiger partial charge in [0.1, 0.15) is 0 Å². The summed E-state index contributed by atoms with van der Waals surface area (Å²) in [6.07, 6.45) is 0.970. The van der Waals surface area contributed by atoms with Crippen molar-refractivity contribution in [2.24, 2.45) is 11.1 Å². The minimum absolute atomic E-state index is 0. The van der Waals surface area contributed by atoms with Gasteiger partial charge in [-0.3, -0.25) is 19.8 Å². The lowest BCUT2D eigenvalue weighted by molar-refractivity contribution is -0.384. The number of carbonyl (C=O) groups is 1. The molecule has 1 aromatic rings. The standard InChI is InChI=1S/C15H22N4O3.ClH/c1-11(18-7-6-15(2,9-16)10-18)14(20)17-12-4-3-5-13(8-12)19(21)22;/h3-5,8,11H,6-7,9-10,16H2,1-2H3,(H,17,20);1H. The number of amides is 1. The van der Waals surface area contributed by atoms with Crippen LogP contribution in [0.15, 0.2) is 24.3 Å². The number of nitrogens with zero attached hydrogens (tertiary/aromatic N) is 2. The molecule has 1 saturated heterocycles. The van der Waals surface area contributed by atoms with Crippen molar-refractivity contribution in [3.63, 3.8) is 0 Å². The molecule has 2 unspecified atom stereocenters. The Labute approximate surface area is 141 Å². The highest BCUT2D eigenvalue weighted by molar-refractivity contribution is 5.94. The zero-order valence-electron chi connectivity index (χ0n) is 13.3. The number of rotatable bonds is 5. The molecule has 0 aliphatic carbocycles. The predicted molar refractivity (Wildman–Crippen MR) is 91.8 cm³/mol. The van der Waals surface area contributed by atoms with E-state index in [4.69, 9.17) is 5.73 Å². The molecule has 0 spiro atoms. The number of nitrogens with one attached hydrogen (secondary N) is 1. The molecule has 0 radical (unpaired) electrons. The summed E-state index contributed by atoms with van der Waals surface area (Å²) >= 11 is 0. The Balaban J connectivity index is 0.00000264. The highest BCUT2D eigenvalue weighted by Crippen LogP contribution is 2.30. The summed E-state index contributed by atoms with van der Waals surface area (Å²) in [6.45, 7) is 6.18. The largest absolute Gasteiger partial charge is 0.330 e. The van der Waals surface area contributed by atoms with E-state index in [0.717, 1.165) is 19.5 Å². The van der Waals surface area contributed by atoms with Gasteiger partial charge < -0.3 is 11.1 Å². The SMILES string of the molecule is CC(C(=O)Nc1cccc([N+](=O)[O-])c1)N1CCC(C)(CN)C1.Cl. The quantitative estimate of drug-likeness (QED) is 0.629. The van der Waals surface area contributed by atoms with Crippen molar-refractivity contribution in [3.05, 3.63) is 34.4 Å². The first-order valence-corrected chi connectivity index (χ1v) is 7.34. The molecule has 3 N–H and O–H groups in total. The number of anilines is 1. The molecule has 1 aliphatic heterocycles. The Morgan fingerprint density at radius 1 is 1.57 bits per heavy atom. The summed E-state index contributed by atoms with van der Waals surface area (Å²) in [7, 11) is 0. The summed E-state index contributed by atoms with van der Waals surface area (Å²) in [4.78, 5) is 24.7. The third kappa shape index (κ3) is 4.63. The van der Waals surface area contributed by atoms with E-state index in [9.17, 15) is 14.9 Å². The van der Waals surface area contributed by atoms with Crippen molar-refractivity contribution >= 4 is 29.7 Å². The molecule has 1 aliphatic rings. The number of nitrogens with two attached hydrogens (primary N) is 1. The first-order valence-electron chi connectivity index (χ1n) is 7.34. The fraction of sp³-hybridized carbons (Fsp3) is 0.533. The smallest absolute Gasteiger partial charge is 0.271 e. The summed E-state index contributed by atoms with van der Waals surface area (Å²) in [5.74, 6) is -0.165. The lowest BCUT2D eigenvalue weighted by Crippen LogP contribution is -2.42. The van der Waals surface area contributed by atoms with Crippen molar-refractivity contribution in [1.82, 2.24) is 4.90 Å². The van der Waals surface area contributed by atoms with E-state index in [2.05, 4.69) is 17.1 Å². The number of benzene rings is 1. The number of carbonyl (C=O) groups excluding carboxylic acids is 1. The molecule has 1 amide bonds. The molecule has 2 atom stereocenters. The van der Waals surface area contributed by atoms with Gasteiger partial charge in [-0.15, -0.1) is 12.4 Å². The van der Waals surface area contributed by atoms with Gasteiger partial charge in [-0.05, 0) is 37.9 Å². The summed E-state index contributed by atoms with van der Waals surface area (Å²) in [5, 5.41) is 13.5. The maximum absolute atomic E-state index is 12.3. The van der Waals surface area contributed by atoms with Crippen LogP contribution >= 0.6 is 12.4 Å². The molecule has 0 bridgehead atoms. The highest BCUT2D eigenvalue weighted by atomic mass is 35.5. The van der Waals surface area contributed by atoms with E-state index in [-0.39, 0.29) is 35.5 Å². The topological polar surface area (TPSA) is 101 Å². The molecule has 128 valence electrons. The zero-order chi connectivity index (χ0) is 16.3. The Morgan fingerprint density at radius 2 is 2.26 bits per heavy atom. The van der Waals surface area contributed by atoms with Crippen LogP contribution < -0.4 is 11.1 Å². The molecule has 0 saturated carbocycles. The van der Waals surface area contributed by atoms with Crippen LogP contribution in [-0.4, -0.2) is 41.4 Å². The number of nitro groups is 1. The van der Waals surface area contributed by atoms with Crippen molar-refractivity contribution in [2.75, 3.05) is 25.0 Å². The van der Waals surface area contributed by atoms with E-state index >= 15 is 0 Å². The summed E-state index contributed by atoms with van der Waals surface area (Å²) in [5.41, 5.74) is 6.24. The zero-order valence-corrected chi connectivity index (χ0v) is 14.1. The predicted octanol–water partition coefficient (Wildman–Crippen LogP) is 2.01. The third-order valence-corrected chi connectivity index (χ3v) is 4.33. The average Bonchev–Trinajstić information content (AvgIpc) is 2.90. The minimum Gasteiger partial charge on any atom is -0.330 e. The number of halogens is 1. The Bertz CT molecular complexity index is 584. The van der Waals surface area contributed by atoms with Crippen molar-refractivity contribution in [3.8, 4) is 0 Å². The molecule has 1 fully saturated rings. The van der Waals surface area contributed by atoms with Gasteiger partial charge in [0.15, 0.2) is 0 Å². The lowest BCUT2D eigenvalue weighted by Gasteiger charge is -2.26. The fourth-order valence-electron chi connectivity index (χ4n) is 2.67. The van der Waals surface area contributed by atoms with Crippen LogP contribution in [0.4, 0.5) is 11.4 Å². The van der Waals surface area contributed by atoms with E-state index < -0.39 is 4.92 Å². The van der Waals surface area contributed by atoms with Gasteiger partial charge in [-0.25, -0.2) is 0 Å². The Morgan fingerprint density at radius 3 is 2.83 bits per heavy atom. The summed E-state index contributed by atoms with van der Waals surface area (Å²) in [6, 6.07) is 5.66. The lowest BCUT2D eigenvalue weighted by atomic mass is 9.90. The molecule has 1 heterocycles. The third-order valence-electron chi connectivity index (χ3n) is 4.33. The number of non-ortho nitro benzene ring substituents is 1. The average molecular weight is 343 g/mol. The number of hydrogen-bond acceptors (Lipinski definition) is 5. The van der Waals surface area contributed by atoms with Crippen LogP contribution in [-0.2, 0) is 4.79 Å². The van der Waals surface area contributed by atoms with Crippen LogP contribution in [0.3, 0.4) is 0 Å². The Hall–Kier alpha value is -1.70. The van der Waals surface area contributed by atoms with Gasteiger partial charge in [-0.2, -0.15) is 0 Å². The van der Waals surface area contributed by atoms with Gasteiger partial charge in [0.2, 0.25) is 5.91 Å². The second kappa shape index (κ2) is 7.72. The van der Waals surface area contributed by atoms with E-state index in [1.54, 1.807) is 12.1 Å². The van der Waals surface area contributed by atoms with Gasteiger partial charge in [-0.1, -0.05) is 13.0 Å². The number of nitro benzene ring substituents is 1. The minimum atomic E-state index is -0.480. The van der Waals surface area contributed by atoms with E-state index in [1.807, 2.05) is 6.92 Å². The molecular formula is C15H23ClN4O3. The second-order valence-corrected chi connectivity index (χ2v) is 6.21. The Kier molecular flexibility index (Phi) is 6.49. The molecule has 23 heavy (non-hydrogen) atoms. The molecule has 8 heteroatoms. The van der Waals surface area contributed by atoms with Crippen molar-refractivity contribution < 1.29 is 9.72 Å². The molecule has 1 aromatic carbocycles. The van der Waals surface area contributed by atoms with Crippen molar-refractivity contribution in [1.29, 1.82) is 0 Å². The van der Waals surface area contributed by atoms with Crippen molar-refractivity contribution in [2.45, 2.75) is 26.3 Å². The normalized spacial score (nSPS) is 22.2. The molecule has 7 nitrogen and oxygen atoms in total. The van der Waals surface area contributed by atoms with Crippen LogP contribution in [0, 0.1) is 15.5 Å². The fourth-order valence-corrected chi connectivity index (χ4v) is 2.67. The first-order chi connectivity index (χ1) is 10.3. The second-order valence-electron chi connectivity index (χ2n) is 6.21. The van der Waals surface area contributed by atoms with Gasteiger partial charge >= 0.3 is 0 Å². The van der Waals surface area contributed by atoms with Gasteiger partial charge in [0, 0.05) is 24.4 Å². The first kappa shape index (κ1) is 19.3. The van der Waals surface area contributed by atoms with Gasteiger partial charge in [0.25, 0.3) is 5.69 Å². The maximum Gasteiger partial charge on any atom is 0.271 e. The van der Waals surface area contributed by atoms with Crippen LogP contribution in [0.5, 0.6) is 0 Å². The maximum atomic E-state index is 12.3.